The quantitative estimate of drug-likeness (QED) is 0.652. The highest BCUT2D eigenvalue weighted by Gasteiger charge is 2.27. The summed E-state index contributed by atoms with van der Waals surface area (Å²) in [5, 5.41) is 3.47. The molecule has 0 spiro atoms. The number of nitrogens with zero attached hydrogens (tertiary/aromatic N) is 1. The second kappa shape index (κ2) is 6.49. The van der Waals surface area contributed by atoms with Crippen molar-refractivity contribution in [2.75, 3.05) is 19.6 Å². The zero-order chi connectivity index (χ0) is 11.3. The van der Waals surface area contributed by atoms with Gasteiger partial charge in [-0.3, -0.25) is 0 Å². The van der Waals surface area contributed by atoms with Crippen molar-refractivity contribution in [3.63, 3.8) is 0 Å². The topological polar surface area (TPSA) is 15.3 Å². The molecule has 15 heavy (non-hydrogen) atoms. The first kappa shape index (κ1) is 13.0. The highest BCUT2D eigenvalue weighted by atomic mass is 15.2. The zero-order valence-electron chi connectivity index (χ0n) is 10.9. The van der Waals surface area contributed by atoms with E-state index in [1.807, 2.05) is 0 Å². The van der Waals surface area contributed by atoms with Crippen LogP contribution >= 0.6 is 0 Å². The number of rotatable bonds is 7. The first-order valence-electron chi connectivity index (χ1n) is 6.57. The van der Waals surface area contributed by atoms with Gasteiger partial charge < -0.3 is 10.2 Å². The smallest absolute Gasteiger partial charge is 0.00388 e. The molecule has 0 unspecified atom stereocenters. The maximum Gasteiger partial charge on any atom is 0.00388 e. The number of unbranched alkanes of at least 4 members (excludes halogenated alkanes) is 1. The van der Waals surface area contributed by atoms with Crippen LogP contribution in [0.4, 0.5) is 0 Å². The Balaban J connectivity index is 1.86. The van der Waals surface area contributed by atoms with E-state index in [0.717, 1.165) is 12.0 Å². The Bertz CT molecular complexity index is 160. The maximum atomic E-state index is 3.47. The Labute approximate surface area is 95.4 Å². The summed E-state index contributed by atoms with van der Waals surface area (Å²) < 4.78 is 0. The third-order valence-corrected chi connectivity index (χ3v) is 3.31. The van der Waals surface area contributed by atoms with Crippen LogP contribution in [0.1, 0.15) is 47.0 Å². The van der Waals surface area contributed by atoms with E-state index in [1.54, 1.807) is 0 Å². The van der Waals surface area contributed by atoms with Crippen molar-refractivity contribution in [1.29, 1.82) is 0 Å². The molecule has 1 aliphatic heterocycles. The molecule has 1 heterocycles. The van der Waals surface area contributed by atoms with Crippen LogP contribution in [0.25, 0.3) is 0 Å². The molecule has 0 aliphatic carbocycles. The van der Waals surface area contributed by atoms with Gasteiger partial charge in [0, 0.05) is 25.2 Å². The van der Waals surface area contributed by atoms with Crippen LogP contribution in [0.2, 0.25) is 0 Å². The van der Waals surface area contributed by atoms with Gasteiger partial charge in [-0.2, -0.15) is 0 Å². The Morgan fingerprint density at radius 1 is 1.13 bits per heavy atom. The van der Waals surface area contributed by atoms with Gasteiger partial charge in [0.15, 0.2) is 0 Å². The first-order valence-corrected chi connectivity index (χ1v) is 6.57. The Kier molecular flexibility index (Phi) is 5.62. The van der Waals surface area contributed by atoms with Gasteiger partial charge in [0.25, 0.3) is 0 Å². The summed E-state index contributed by atoms with van der Waals surface area (Å²) in [4.78, 5) is 2.57. The van der Waals surface area contributed by atoms with Gasteiger partial charge in [0.1, 0.15) is 0 Å². The fourth-order valence-corrected chi connectivity index (χ4v) is 2.16. The minimum absolute atomic E-state index is 0.644. The largest absolute Gasteiger partial charge is 0.315 e. The molecule has 0 radical (unpaired) electrons. The van der Waals surface area contributed by atoms with Crippen molar-refractivity contribution in [3.05, 3.63) is 0 Å². The predicted octanol–water partition coefficient (Wildman–Crippen LogP) is 2.49. The molecule has 2 heteroatoms. The molecule has 0 aromatic rings. The Morgan fingerprint density at radius 2 is 1.80 bits per heavy atom. The number of nitrogens with one attached hydrogen (secondary N) is 1. The maximum absolute atomic E-state index is 3.47. The normalized spacial score (nSPS) is 18.8. The second-order valence-electron chi connectivity index (χ2n) is 5.52. The van der Waals surface area contributed by atoms with Gasteiger partial charge in [-0.1, -0.05) is 20.3 Å². The van der Waals surface area contributed by atoms with Crippen LogP contribution in [0, 0.1) is 5.92 Å². The van der Waals surface area contributed by atoms with Crippen molar-refractivity contribution < 1.29 is 0 Å². The molecule has 0 aromatic heterocycles. The number of likely N-dealkylation sites (tertiary alicyclic amines) is 1. The van der Waals surface area contributed by atoms with Crippen LogP contribution in [0.5, 0.6) is 0 Å². The van der Waals surface area contributed by atoms with Gasteiger partial charge >= 0.3 is 0 Å². The summed E-state index contributed by atoms with van der Waals surface area (Å²) in [6.45, 7) is 12.9. The second-order valence-corrected chi connectivity index (χ2v) is 5.52. The SMILES string of the molecule is CC(C)NCCCCC1CN(C(C)C)C1. The molecule has 1 rings (SSSR count). The van der Waals surface area contributed by atoms with E-state index in [1.165, 1.54) is 38.9 Å². The van der Waals surface area contributed by atoms with Crippen LogP contribution in [0.3, 0.4) is 0 Å². The van der Waals surface area contributed by atoms with E-state index in [-0.39, 0.29) is 0 Å². The highest BCUT2D eigenvalue weighted by molar-refractivity contribution is 4.81. The lowest BCUT2D eigenvalue weighted by atomic mass is 9.92. The molecule has 1 N–H and O–H groups in total. The fraction of sp³-hybridized carbons (Fsp3) is 1.00. The van der Waals surface area contributed by atoms with Crippen molar-refractivity contribution in [2.24, 2.45) is 5.92 Å². The van der Waals surface area contributed by atoms with E-state index < -0.39 is 0 Å². The van der Waals surface area contributed by atoms with Gasteiger partial charge in [-0.25, -0.2) is 0 Å². The van der Waals surface area contributed by atoms with Crippen LogP contribution in [0.15, 0.2) is 0 Å². The van der Waals surface area contributed by atoms with E-state index in [9.17, 15) is 0 Å². The fourth-order valence-electron chi connectivity index (χ4n) is 2.16. The third kappa shape index (κ3) is 4.98. The van der Waals surface area contributed by atoms with Gasteiger partial charge in [0.05, 0.1) is 0 Å². The number of hydrogen-bond acceptors (Lipinski definition) is 2. The number of hydrogen-bond donors (Lipinski definition) is 1. The molecule has 2 nitrogen and oxygen atoms in total. The van der Waals surface area contributed by atoms with E-state index in [0.29, 0.717) is 6.04 Å². The summed E-state index contributed by atoms with van der Waals surface area (Å²) in [6.07, 6.45) is 4.18. The van der Waals surface area contributed by atoms with Gasteiger partial charge in [-0.05, 0) is 39.2 Å². The molecule has 0 aromatic carbocycles. The molecule has 0 saturated carbocycles. The van der Waals surface area contributed by atoms with Gasteiger partial charge in [0.2, 0.25) is 0 Å². The molecular formula is C13H28N2. The zero-order valence-corrected chi connectivity index (χ0v) is 10.9. The highest BCUT2D eigenvalue weighted by Crippen LogP contribution is 2.22. The lowest BCUT2D eigenvalue weighted by Gasteiger charge is -2.42. The summed E-state index contributed by atoms with van der Waals surface area (Å²) in [5.41, 5.74) is 0. The minimum Gasteiger partial charge on any atom is -0.315 e. The van der Waals surface area contributed by atoms with Gasteiger partial charge in [-0.15, -0.1) is 0 Å². The van der Waals surface area contributed by atoms with E-state index in [4.69, 9.17) is 0 Å². The first-order chi connectivity index (χ1) is 7.09. The monoisotopic (exact) mass is 212 g/mol. The lowest BCUT2D eigenvalue weighted by Crippen LogP contribution is -2.50. The minimum atomic E-state index is 0.644. The molecule has 90 valence electrons. The van der Waals surface area contributed by atoms with Crippen molar-refractivity contribution >= 4 is 0 Å². The molecule has 0 amide bonds. The van der Waals surface area contributed by atoms with Crippen LogP contribution in [-0.4, -0.2) is 36.6 Å². The summed E-state index contributed by atoms with van der Waals surface area (Å²) in [5.74, 6) is 0.992. The van der Waals surface area contributed by atoms with E-state index in [2.05, 4.69) is 37.9 Å². The Hall–Kier alpha value is -0.0800. The Morgan fingerprint density at radius 3 is 2.33 bits per heavy atom. The lowest BCUT2D eigenvalue weighted by molar-refractivity contribution is 0.0613. The predicted molar refractivity (Wildman–Crippen MR) is 67.2 cm³/mol. The summed E-state index contributed by atoms with van der Waals surface area (Å²) in [6, 6.07) is 1.40. The molecule has 0 bridgehead atoms. The molecule has 1 saturated heterocycles. The standard InChI is InChI=1S/C13H28N2/c1-11(2)14-8-6-5-7-13-9-15(10-13)12(3)4/h11-14H,5-10H2,1-4H3. The molecular weight excluding hydrogens is 184 g/mol. The average Bonchev–Trinajstić information content (AvgIpc) is 2.06. The van der Waals surface area contributed by atoms with Crippen molar-refractivity contribution in [2.45, 2.75) is 59.0 Å². The van der Waals surface area contributed by atoms with Crippen LogP contribution < -0.4 is 5.32 Å². The summed E-state index contributed by atoms with van der Waals surface area (Å²) >= 11 is 0. The molecule has 0 atom stereocenters. The average molecular weight is 212 g/mol. The van der Waals surface area contributed by atoms with Crippen molar-refractivity contribution in [1.82, 2.24) is 10.2 Å². The van der Waals surface area contributed by atoms with E-state index >= 15 is 0 Å². The molecule has 1 aliphatic rings. The van der Waals surface area contributed by atoms with Crippen LogP contribution in [-0.2, 0) is 0 Å². The summed E-state index contributed by atoms with van der Waals surface area (Å²) in [7, 11) is 0. The third-order valence-electron chi connectivity index (χ3n) is 3.31. The molecule has 1 fully saturated rings. The van der Waals surface area contributed by atoms with Crippen molar-refractivity contribution in [3.8, 4) is 0 Å².